The largest absolute Gasteiger partial charge is 0.486 e. The Balaban J connectivity index is 1.34. The molecule has 1 aromatic rings. The molecule has 26 heavy (non-hydrogen) atoms. The van der Waals surface area contributed by atoms with Gasteiger partial charge in [0, 0.05) is 24.7 Å². The summed E-state index contributed by atoms with van der Waals surface area (Å²) in [6.07, 6.45) is 3.27. The van der Waals surface area contributed by atoms with Gasteiger partial charge in [0.25, 0.3) is 5.91 Å². The lowest BCUT2D eigenvalue weighted by Gasteiger charge is -2.20. The predicted octanol–water partition coefficient (Wildman–Crippen LogP) is 1.65. The number of hydrogen-bond donors (Lipinski definition) is 2. The Kier molecular flexibility index (Phi) is 4.18. The number of hydrogen-bond acceptors (Lipinski definition) is 5. The molecule has 2 fully saturated rings. The predicted molar refractivity (Wildman–Crippen MR) is 92.1 cm³/mol. The van der Waals surface area contributed by atoms with Gasteiger partial charge in [0.1, 0.15) is 18.8 Å². The molecule has 0 atom stereocenters. The highest BCUT2D eigenvalue weighted by atomic mass is 16.6. The average Bonchev–Trinajstić information content (AvgIpc) is 3.19. The molecule has 1 spiro atoms. The Morgan fingerprint density at radius 1 is 1.15 bits per heavy atom. The number of urea groups is 1. The van der Waals surface area contributed by atoms with Crippen molar-refractivity contribution in [1.29, 1.82) is 0 Å². The van der Waals surface area contributed by atoms with Gasteiger partial charge in [-0.1, -0.05) is 12.8 Å². The van der Waals surface area contributed by atoms with Crippen molar-refractivity contribution < 1.29 is 23.9 Å². The van der Waals surface area contributed by atoms with E-state index in [1.54, 1.807) is 18.2 Å². The maximum Gasteiger partial charge on any atom is 0.325 e. The van der Waals surface area contributed by atoms with Crippen LogP contribution in [-0.2, 0) is 9.59 Å². The summed E-state index contributed by atoms with van der Waals surface area (Å²) in [7, 11) is 0. The molecular weight excluding hydrogens is 338 g/mol. The number of fused-ring (bicyclic) bond motifs is 1. The summed E-state index contributed by atoms with van der Waals surface area (Å²) in [5.41, 5.74) is -0.146. The third kappa shape index (κ3) is 2.95. The molecule has 4 amide bonds. The Hall–Kier alpha value is -2.77. The monoisotopic (exact) mass is 359 g/mol. The first-order chi connectivity index (χ1) is 12.6. The van der Waals surface area contributed by atoms with Crippen molar-refractivity contribution >= 4 is 23.5 Å². The zero-order chi connectivity index (χ0) is 18.1. The number of amides is 4. The zero-order valence-corrected chi connectivity index (χ0v) is 14.4. The topological polar surface area (TPSA) is 97.0 Å². The maximum absolute atomic E-state index is 12.6. The summed E-state index contributed by atoms with van der Waals surface area (Å²) >= 11 is 0. The number of rotatable bonds is 4. The molecule has 2 aliphatic heterocycles. The Morgan fingerprint density at radius 3 is 2.65 bits per heavy atom. The molecule has 138 valence electrons. The lowest BCUT2D eigenvalue weighted by molar-refractivity contribution is -0.131. The van der Waals surface area contributed by atoms with Gasteiger partial charge >= 0.3 is 6.03 Å². The van der Waals surface area contributed by atoms with Crippen molar-refractivity contribution in [2.45, 2.75) is 37.6 Å². The number of nitrogens with one attached hydrogen (secondary N) is 2. The molecule has 3 aliphatic rings. The highest BCUT2D eigenvalue weighted by molar-refractivity contribution is 6.07. The van der Waals surface area contributed by atoms with E-state index in [-0.39, 0.29) is 24.8 Å². The number of nitrogens with zero attached hydrogens (tertiary/aromatic N) is 1. The average molecular weight is 359 g/mol. The first-order valence-electron chi connectivity index (χ1n) is 8.91. The summed E-state index contributed by atoms with van der Waals surface area (Å²) in [4.78, 5) is 38.0. The maximum atomic E-state index is 12.6. The second-order valence-electron chi connectivity index (χ2n) is 6.83. The number of benzene rings is 1. The van der Waals surface area contributed by atoms with Crippen LogP contribution >= 0.6 is 0 Å². The van der Waals surface area contributed by atoms with Crippen LogP contribution < -0.4 is 20.1 Å². The van der Waals surface area contributed by atoms with Crippen LogP contribution in [0.1, 0.15) is 32.1 Å². The molecular formula is C18H21N3O5. The van der Waals surface area contributed by atoms with Crippen LogP contribution in [0.25, 0.3) is 0 Å². The minimum Gasteiger partial charge on any atom is -0.486 e. The molecule has 2 heterocycles. The van der Waals surface area contributed by atoms with Gasteiger partial charge in [-0.3, -0.25) is 14.5 Å². The van der Waals surface area contributed by atoms with Gasteiger partial charge in [0.05, 0.1) is 0 Å². The highest BCUT2D eigenvalue weighted by Gasteiger charge is 2.52. The highest BCUT2D eigenvalue weighted by Crippen LogP contribution is 2.35. The first kappa shape index (κ1) is 16.7. The lowest BCUT2D eigenvalue weighted by Crippen LogP contribution is -2.44. The smallest absolute Gasteiger partial charge is 0.325 e. The molecule has 0 bridgehead atoms. The Labute approximate surface area is 150 Å². The van der Waals surface area contributed by atoms with Crippen LogP contribution in [0.15, 0.2) is 18.2 Å². The summed E-state index contributed by atoms with van der Waals surface area (Å²) in [5.74, 6) is 0.767. The van der Waals surface area contributed by atoms with Crippen LogP contribution in [0.5, 0.6) is 11.5 Å². The molecule has 0 radical (unpaired) electrons. The fraction of sp³-hybridized carbons (Fsp3) is 0.500. The van der Waals surface area contributed by atoms with Crippen molar-refractivity contribution in [3.8, 4) is 11.5 Å². The van der Waals surface area contributed by atoms with E-state index in [9.17, 15) is 14.4 Å². The minimum atomic E-state index is -0.733. The van der Waals surface area contributed by atoms with E-state index in [1.807, 2.05) is 0 Å². The van der Waals surface area contributed by atoms with E-state index < -0.39 is 11.6 Å². The molecule has 1 saturated carbocycles. The molecule has 1 saturated heterocycles. The van der Waals surface area contributed by atoms with Gasteiger partial charge in [-0.05, 0) is 25.0 Å². The molecule has 0 unspecified atom stereocenters. The van der Waals surface area contributed by atoms with Crippen LogP contribution in [0.3, 0.4) is 0 Å². The molecule has 0 aromatic heterocycles. The standard InChI is InChI=1S/C18H21N3O5/c22-15(19-12-3-4-13-14(11-12)26-10-9-25-13)5-8-21-16(23)18(20-17(21)24)6-1-2-7-18/h3-4,11H,1-2,5-10H2,(H,19,22)(H,20,24). The van der Waals surface area contributed by atoms with Gasteiger partial charge < -0.3 is 20.1 Å². The summed E-state index contributed by atoms with van der Waals surface area (Å²) < 4.78 is 10.9. The fourth-order valence-corrected chi connectivity index (χ4v) is 3.75. The second-order valence-corrected chi connectivity index (χ2v) is 6.83. The lowest BCUT2D eigenvalue weighted by atomic mass is 9.98. The normalized spacial score (nSPS) is 20.4. The number of anilines is 1. The minimum absolute atomic E-state index is 0.0453. The van der Waals surface area contributed by atoms with E-state index in [0.717, 1.165) is 17.7 Å². The Bertz CT molecular complexity index is 757. The molecule has 8 heteroatoms. The van der Waals surface area contributed by atoms with Gasteiger partial charge in [-0.25, -0.2) is 4.79 Å². The molecule has 4 rings (SSSR count). The van der Waals surface area contributed by atoms with Crippen molar-refractivity contribution in [2.24, 2.45) is 0 Å². The quantitative estimate of drug-likeness (QED) is 0.797. The van der Waals surface area contributed by atoms with Crippen LogP contribution in [0.4, 0.5) is 10.5 Å². The van der Waals surface area contributed by atoms with Gasteiger partial charge in [0.15, 0.2) is 11.5 Å². The van der Waals surface area contributed by atoms with E-state index in [4.69, 9.17) is 9.47 Å². The summed E-state index contributed by atoms with van der Waals surface area (Å²) in [6, 6.07) is 4.77. The molecule has 8 nitrogen and oxygen atoms in total. The summed E-state index contributed by atoms with van der Waals surface area (Å²) in [5, 5.41) is 5.57. The van der Waals surface area contributed by atoms with Crippen molar-refractivity contribution in [3.63, 3.8) is 0 Å². The number of ether oxygens (including phenoxy) is 2. The third-order valence-corrected chi connectivity index (χ3v) is 5.09. The van der Waals surface area contributed by atoms with Crippen molar-refractivity contribution in [2.75, 3.05) is 25.1 Å². The molecule has 1 aromatic carbocycles. The third-order valence-electron chi connectivity index (χ3n) is 5.09. The SMILES string of the molecule is O=C(CCN1C(=O)NC2(CCCC2)C1=O)Nc1ccc2c(c1)OCCO2. The number of imide groups is 1. The van der Waals surface area contributed by atoms with Crippen molar-refractivity contribution in [1.82, 2.24) is 10.2 Å². The number of carbonyl (C=O) groups is 3. The fourth-order valence-electron chi connectivity index (χ4n) is 3.75. The van der Waals surface area contributed by atoms with Crippen molar-refractivity contribution in [3.05, 3.63) is 18.2 Å². The van der Waals surface area contributed by atoms with E-state index in [0.29, 0.717) is 43.2 Å². The molecule has 1 aliphatic carbocycles. The van der Waals surface area contributed by atoms with E-state index in [2.05, 4.69) is 10.6 Å². The zero-order valence-electron chi connectivity index (χ0n) is 14.4. The van der Waals surface area contributed by atoms with Gasteiger partial charge in [0.2, 0.25) is 5.91 Å². The van der Waals surface area contributed by atoms with Gasteiger partial charge in [-0.2, -0.15) is 0 Å². The van der Waals surface area contributed by atoms with Gasteiger partial charge in [-0.15, -0.1) is 0 Å². The summed E-state index contributed by atoms with van der Waals surface area (Å²) in [6.45, 7) is 1.05. The van der Waals surface area contributed by atoms with E-state index >= 15 is 0 Å². The van der Waals surface area contributed by atoms with Crippen LogP contribution in [0, 0.1) is 0 Å². The second kappa shape index (κ2) is 6.51. The van der Waals surface area contributed by atoms with Crippen LogP contribution in [-0.4, -0.2) is 48.0 Å². The van der Waals surface area contributed by atoms with Crippen LogP contribution in [0.2, 0.25) is 0 Å². The van der Waals surface area contributed by atoms with E-state index in [1.165, 1.54) is 0 Å². The Morgan fingerprint density at radius 2 is 1.88 bits per heavy atom. The number of carbonyl (C=O) groups excluding carboxylic acids is 3. The molecule has 2 N–H and O–H groups in total. The first-order valence-corrected chi connectivity index (χ1v) is 8.91.